The number of hydrogen-bond acceptors (Lipinski definition) is 4. The standard InChI is InChI=1S/C24H20ClN3OS/c25-22-3-1-2-18(12-22)13-24(15-28-10-9-26-17-28)16-29-23(27-24)20-6-4-19(5-7-20)21-8-11-30-14-21/h1-12,14,17H,13,15-16H2. The van der Waals surface area contributed by atoms with Gasteiger partial charge < -0.3 is 9.30 Å². The molecule has 0 aliphatic carbocycles. The minimum absolute atomic E-state index is 0.410. The van der Waals surface area contributed by atoms with Crippen molar-refractivity contribution in [2.75, 3.05) is 6.61 Å². The summed E-state index contributed by atoms with van der Waals surface area (Å²) < 4.78 is 8.18. The molecule has 3 heterocycles. The van der Waals surface area contributed by atoms with E-state index in [2.05, 4.69) is 56.7 Å². The Bertz CT molecular complexity index is 1150. The second-order valence-electron chi connectivity index (χ2n) is 7.56. The fraction of sp³-hybridized carbons (Fsp3) is 0.167. The number of ether oxygens (including phenoxy) is 1. The van der Waals surface area contributed by atoms with Gasteiger partial charge in [0.05, 0.1) is 12.9 Å². The average molecular weight is 434 g/mol. The molecule has 0 saturated heterocycles. The van der Waals surface area contributed by atoms with Crippen LogP contribution in [0.3, 0.4) is 0 Å². The lowest BCUT2D eigenvalue weighted by atomic mass is 9.92. The van der Waals surface area contributed by atoms with Crippen LogP contribution in [-0.2, 0) is 17.7 Å². The number of imidazole rings is 1. The van der Waals surface area contributed by atoms with Crippen molar-refractivity contribution >= 4 is 28.8 Å². The monoisotopic (exact) mass is 433 g/mol. The molecule has 0 saturated carbocycles. The first-order valence-corrected chi connectivity index (χ1v) is 11.1. The first-order chi connectivity index (χ1) is 14.7. The van der Waals surface area contributed by atoms with Crippen molar-refractivity contribution in [2.24, 2.45) is 4.99 Å². The highest BCUT2D eigenvalue weighted by Gasteiger charge is 2.38. The minimum atomic E-state index is -0.410. The predicted molar refractivity (Wildman–Crippen MR) is 122 cm³/mol. The van der Waals surface area contributed by atoms with Gasteiger partial charge in [0.2, 0.25) is 5.90 Å². The topological polar surface area (TPSA) is 39.4 Å². The molecule has 5 rings (SSSR count). The Balaban J connectivity index is 1.45. The number of thiophene rings is 1. The molecule has 0 N–H and O–H groups in total. The number of nitrogens with zero attached hydrogens (tertiary/aromatic N) is 3. The zero-order valence-electron chi connectivity index (χ0n) is 16.2. The second-order valence-corrected chi connectivity index (χ2v) is 8.78. The summed E-state index contributed by atoms with van der Waals surface area (Å²) in [6.07, 6.45) is 6.31. The molecule has 30 heavy (non-hydrogen) atoms. The molecule has 2 aromatic carbocycles. The molecule has 0 amide bonds. The SMILES string of the molecule is Clc1cccc(CC2(Cn3ccnc3)COC(c3ccc(-c4ccsc4)cc3)=N2)c1. The molecule has 4 aromatic rings. The molecule has 0 spiro atoms. The summed E-state index contributed by atoms with van der Waals surface area (Å²) in [7, 11) is 0. The molecular formula is C24H20ClN3OS. The van der Waals surface area contributed by atoms with Crippen LogP contribution in [0.1, 0.15) is 11.1 Å². The van der Waals surface area contributed by atoms with E-state index in [9.17, 15) is 0 Å². The van der Waals surface area contributed by atoms with Crippen molar-refractivity contribution in [1.82, 2.24) is 9.55 Å². The molecule has 150 valence electrons. The third kappa shape index (κ3) is 4.04. The van der Waals surface area contributed by atoms with Crippen molar-refractivity contribution in [3.8, 4) is 11.1 Å². The van der Waals surface area contributed by atoms with Gasteiger partial charge in [-0.15, -0.1) is 0 Å². The van der Waals surface area contributed by atoms with Gasteiger partial charge in [0, 0.05) is 29.4 Å². The first kappa shape index (κ1) is 19.1. The van der Waals surface area contributed by atoms with Gasteiger partial charge in [-0.3, -0.25) is 0 Å². The van der Waals surface area contributed by atoms with Gasteiger partial charge in [-0.1, -0.05) is 35.9 Å². The summed E-state index contributed by atoms with van der Waals surface area (Å²) in [5.41, 5.74) is 4.15. The van der Waals surface area contributed by atoms with E-state index in [-0.39, 0.29) is 0 Å². The number of aliphatic imine (C=N–C) groups is 1. The fourth-order valence-corrected chi connectivity index (χ4v) is 4.72. The highest BCUT2D eigenvalue weighted by Crippen LogP contribution is 2.30. The summed E-state index contributed by atoms with van der Waals surface area (Å²) in [5.74, 6) is 0.689. The normalized spacial score (nSPS) is 18.2. The van der Waals surface area contributed by atoms with E-state index >= 15 is 0 Å². The molecule has 0 bridgehead atoms. The summed E-state index contributed by atoms with van der Waals surface area (Å²) in [6, 6.07) is 18.5. The molecule has 0 fully saturated rings. The molecule has 4 nitrogen and oxygen atoms in total. The van der Waals surface area contributed by atoms with Crippen molar-refractivity contribution in [3.63, 3.8) is 0 Å². The first-order valence-electron chi connectivity index (χ1n) is 9.75. The third-order valence-electron chi connectivity index (χ3n) is 5.26. The quantitative estimate of drug-likeness (QED) is 0.390. The van der Waals surface area contributed by atoms with Gasteiger partial charge in [0.25, 0.3) is 0 Å². The van der Waals surface area contributed by atoms with E-state index in [1.165, 1.54) is 11.1 Å². The van der Waals surface area contributed by atoms with Gasteiger partial charge >= 0.3 is 0 Å². The molecule has 6 heteroatoms. The van der Waals surface area contributed by atoms with Crippen LogP contribution in [-0.4, -0.2) is 27.6 Å². The molecule has 1 aliphatic rings. The number of rotatable bonds is 6. The number of benzene rings is 2. The van der Waals surface area contributed by atoms with Crippen LogP contribution in [0.2, 0.25) is 5.02 Å². The maximum Gasteiger partial charge on any atom is 0.216 e. The van der Waals surface area contributed by atoms with E-state index in [1.54, 1.807) is 17.5 Å². The van der Waals surface area contributed by atoms with Crippen LogP contribution in [0, 0.1) is 0 Å². The summed E-state index contributed by atoms with van der Waals surface area (Å²) in [6.45, 7) is 1.20. The highest BCUT2D eigenvalue weighted by molar-refractivity contribution is 7.08. The summed E-state index contributed by atoms with van der Waals surface area (Å²) in [5, 5.41) is 4.98. The van der Waals surface area contributed by atoms with E-state index < -0.39 is 5.54 Å². The molecule has 1 aliphatic heterocycles. The lowest BCUT2D eigenvalue weighted by Gasteiger charge is -2.24. The van der Waals surface area contributed by atoms with E-state index in [0.29, 0.717) is 19.0 Å². The van der Waals surface area contributed by atoms with Gasteiger partial charge in [0.1, 0.15) is 12.1 Å². The number of aromatic nitrogens is 2. The van der Waals surface area contributed by atoms with Crippen LogP contribution in [0.15, 0.2) is 89.1 Å². The smallest absolute Gasteiger partial charge is 0.216 e. The van der Waals surface area contributed by atoms with E-state index in [4.69, 9.17) is 21.3 Å². The Morgan fingerprint density at radius 3 is 2.67 bits per heavy atom. The Morgan fingerprint density at radius 2 is 1.93 bits per heavy atom. The summed E-state index contributed by atoms with van der Waals surface area (Å²) in [4.78, 5) is 9.27. The zero-order chi connectivity index (χ0) is 20.4. The maximum absolute atomic E-state index is 6.22. The molecule has 0 radical (unpaired) electrons. The molecule has 1 atom stereocenters. The van der Waals surface area contributed by atoms with Crippen molar-refractivity contribution < 1.29 is 4.74 Å². The van der Waals surface area contributed by atoms with Gasteiger partial charge in [-0.05, 0) is 57.8 Å². The zero-order valence-corrected chi connectivity index (χ0v) is 17.8. The maximum atomic E-state index is 6.22. The molecular weight excluding hydrogens is 414 g/mol. The third-order valence-corrected chi connectivity index (χ3v) is 6.18. The van der Waals surface area contributed by atoms with Crippen LogP contribution in [0.4, 0.5) is 0 Å². The Kier molecular flexibility index (Phi) is 5.15. The van der Waals surface area contributed by atoms with Crippen molar-refractivity contribution in [3.05, 3.63) is 100 Å². The van der Waals surface area contributed by atoms with Crippen molar-refractivity contribution in [1.29, 1.82) is 0 Å². The number of halogens is 1. The van der Waals surface area contributed by atoms with Crippen molar-refractivity contribution in [2.45, 2.75) is 18.5 Å². The predicted octanol–water partition coefficient (Wildman–Crippen LogP) is 5.72. The van der Waals surface area contributed by atoms with Gasteiger partial charge in [-0.2, -0.15) is 11.3 Å². The highest BCUT2D eigenvalue weighted by atomic mass is 35.5. The average Bonchev–Trinajstić information content (AvgIpc) is 3.51. The van der Waals surface area contributed by atoms with Crippen LogP contribution < -0.4 is 0 Å². The molecule has 1 unspecified atom stereocenters. The Morgan fingerprint density at radius 1 is 1.07 bits per heavy atom. The molecule has 2 aromatic heterocycles. The largest absolute Gasteiger partial charge is 0.475 e. The van der Waals surface area contributed by atoms with Crippen LogP contribution in [0.5, 0.6) is 0 Å². The number of hydrogen-bond donors (Lipinski definition) is 0. The lowest BCUT2D eigenvalue weighted by molar-refractivity contribution is 0.233. The van der Waals surface area contributed by atoms with Gasteiger partial charge in [0.15, 0.2) is 0 Å². The summed E-state index contributed by atoms with van der Waals surface area (Å²) >= 11 is 7.92. The lowest BCUT2D eigenvalue weighted by Crippen LogP contribution is -2.36. The van der Waals surface area contributed by atoms with E-state index in [0.717, 1.165) is 22.6 Å². The fourth-order valence-electron chi connectivity index (χ4n) is 3.84. The Hall–Kier alpha value is -2.89. The second kappa shape index (κ2) is 8.09. The Labute approximate surface area is 184 Å². The van der Waals surface area contributed by atoms with E-state index in [1.807, 2.05) is 30.7 Å². The van der Waals surface area contributed by atoms with Crippen LogP contribution >= 0.6 is 22.9 Å². The van der Waals surface area contributed by atoms with Gasteiger partial charge in [-0.25, -0.2) is 9.98 Å². The minimum Gasteiger partial charge on any atom is -0.475 e. The van der Waals surface area contributed by atoms with Crippen LogP contribution in [0.25, 0.3) is 11.1 Å².